The van der Waals surface area contributed by atoms with Gasteiger partial charge in [-0.1, -0.05) is 6.92 Å². The summed E-state index contributed by atoms with van der Waals surface area (Å²) in [6, 6.07) is 4.00. The van der Waals surface area contributed by atoms with Crippen molar-refractivity contribution in [3.63, 3.8) is 0 Å². The molecule has 0 aliphatic rings. The Morgan fingerprint density at radius 2 is 2.25 bits per heavy atom. The molecule has 2 aromatic rings. The van der Waals surface area contributed by atoms with E-state index in [2.05, 4.69) is 32.4 Å². The van der Waals surface area contributed by atoms with Crippen LogP contribution in [0.25, 0.3) is 0 Å². The summed E-state index contributed by atoms with van der Waals surface area (Å²) in [5, 5.41) is 11.4. The maximum absolute atomic E-state index is 4.23. The minimum Gasteiger partial charge on any atom is -0.359 e. The summed E-state index contributed by atoms with van der Waals surface area (Å²) in [5.41, 5.74) is 0.914. The highest BCUT2D eigenvalue weighted by atomic mass is 15.2. The highest BCUT2D eigenvalue weighted by Gasteiger charge is 2.11. The molecule has 0 radical (unpaired) electrons. The molecule has 0 saturated carbocycles. The first-order chi connectivity index (χ1) is 7.79. The van der Waals surface area contributed by atoms with E-state index in [0.29, 0.717) is 0 Å². The Morgan fingerprint density at radius 1 is 1.38 bits per heavy atom. The molecule has 1 atom stereocenters. The number of hydrogen-bond donors (Lipinski definition) is 2. The Kier molecular flexibility index (Phi) is 3.14. The number of anilines is 1. The quantitative estimate of drug-likeness (QED) is 0.822. The van der Waals surface area contributed by atoms with E-state index >= 15 is 0 Å². The molecule has 0 bridgehead atoms. The predicted molar refractivity (Wildman–Crippen MR) is 62.0 cm³/mol. The number of aromatic amines is 1. The van der Waals surface area contributed by atoms with Gasteiger partial charge < -0.3 is 10.3 Å². The molecule has 0 fully saturated rings. The van der Waals surface area contributed by atoms with Crippen LogP contribution in [0.3, 0.4) is 0 Å². The number of hydrogen-bond acceptors (Lipinski definition) is 4. The second-order valence-electron chi connectivity index (χ2n) is 3.64. The van der Waals surface area contributed by atoms with Crippen LogP contribution in [-0.4, -0.2) is 20.2 Å². The molecule has 0 aliphatic carbocycles. The molecule has 0 aliphatic heterocycles. The Bertz CT molecular complexity index is 420. The third-order valence-corrected chi connectivity index (χ3v) is 2.38. The standard InChI is InChI=1S/C11H15N5/c1-3-9(11-12-6-7-13-11)14-10-5-4-8(2)15-16-10/h4-7,9H,3H2,1-2H3,(H,12,13)(H,14,16). The second kappa shape index (κ2) is 4.74. The number of aromatic nitrogens is 4. The Labute approximate surface area is 94.3 Å². The van der Waals surface area contributed by atoms with E-state index in [1.165, 1.54) is 0 Å². The van der Waals surface area contributed by atoms with Crippen molar-refractivity contribution in [3.8, 4) is 0 Å². The molecule has 5 nitrogen and oxygen atoms in total. The zero-order valence-electron chi connectivity index (χ0n) is 9.44. The summed E-state index contributed by atoms with van der Waals surface area (Å²) < 4.78 is 0. The van der Waals surface area contributed by atoms with Crippen LogP contribution >= 0.6 is 0 Å². The summed E-state index contributed by atoms with van der Waals surface area (Å²) in [5.74, 6) is 1.69. The summed E-state index contributed by atoms with van der Waals surface area (Å²) in [4.78, 5) is 7.33. The van der Waals surface area contributed by atoms with Crippen LogP contribution < -0.4 is 5.32 Å². The van der Waals surface area contributed by atoms with Crippen molar-refractivity contribution in [3.05, 3.63) is 36.0 Å². The number of nitrogens with one attached hydrogen (secondary N) is 2. The van der Waals surface area contributed by atoms with E-state index in [1.807, 2.05) is 25.3 Å². The van der Waals surface area contributed by atoms with E-state index < -0.39 is 0 Å². The van der Waals surface area contributed by atoms with E-state index in [0.717, 1.165) is 23.8 Å². The number of rotatable bonds is 4. The monoisotopic (exact) mass is 217 g/mol. The minimum absolute atomic E-state index is 0.145. The highest BCUT2D eigenvalue weighted by molar-refractivity contribution is 5.35. The molecule has 0 spiro atoms. The van der Waals surface area contributed by atoms with Crippen LogP contribution in [0.2, 0.25) is 0 Å². The van der Waals surface area contributed by atoms with E-state index in [4.69, 9.17) is 0 Å². The summed E-state index contributed by atoms with van der Waals surface area (Å²) in [7, 11) is 0. The molecule has 84 valence electrons. The van der Waals surface area contributed by atoms with Crippen LogP contribution in [0.1, 0.15) is 30.9 Å². The van der Waals surface area contributed by atoms with Crippen LogP contribution in [0, 0.1) is 6.92 Å². The number of H-pyrrole nitrogens is 1. The van der Waals surface area contributed by atoms with E-state index in [9.17, 15) is 0 Å². The Balaban J connectivity index is 2.10. The lowest BCUT2D eigenvalue weighted by Gasteiger charge is -2.14. The fourth-order valence-electron chi connectivity index (χ4n) is 1.49. The van der Waals surface area contributed by atoms with Gasteiger partial charge >= 0.3 is 0 Å². The van der Waals surface area contributed by atoms with Crippen molar-refractivity contribution in [2.24, 2.45) is 0 Å². The van der Waals surface area contributed by atoms with Gasteiger partial charge in [-0.05, 0) is 25.5 Å². The first kappa shape index (κ1) is 10.6. The Hall–Kier alpha value is -1.91. The minimum atomic E-state index is 0.145. The van der Waals surface area contributed by atoms with Crippen molar-refractivity contribution in [1.82, 2.24) is 20.2 Å². The molecule has 2 N–H and O–H groups in total. The zero-order chi connectivity index (χ0) is 11.4. The van der Waals surface area contributed by atoms with Crippen molar-refractivity contribution in [2.45, 2.75) is 26.3 Å². The zero-order valence-corrected chi connectivity index (χ0v) is 9.44. The van der Waals surface area contributed by atoms with Gasteiger partial charge in [-0.3, -0.25) is 0 Å². The highest BCUT2D eigenvalue weighted by Crippen LogP contribution is 2.17. The van der Waals surface area contributed by atoms with Crippen molar-refractivity contribution < 1.29 is 0 Å². The maximum atomic E-state index is 4.23. The first-order valence-electron chi connectivity index (χ1n) is 5.35. The van der Waals surface area contributed by atoms with E-state index in [-0.39, 0.29) is 6.04 Å². The number of imidazole rings is 1. The lowest BCUT2D eigenvalue weighted by molar-refractivity contribution is 0.697. The molecule has 1 unspecified atom stereocenters. The molecular weight excluding hydrogens is 202 g/mol. The summed E-state index contributed by atoms with van der Waals surface area (Å²) >= 11 is 0. The van der Waals surface area contributed by atoms with Gasteiger partial charge in [0.1, 0.15) is 11.6 Å². The fraction of sp³-hybridized carbons (Fsp3) is 0.364. The van der Waals surface area contributed by atoms with E-state index in [1.54, 1.807) is 6.20 Å². The molecule has 16 heavy (non-hydrogen) atoms. The molecule has 0 saturated heterocycles. The van der Waals surface area contributed by atoms with Crippen LogP contribution in [0.5, 0.6) is 0 Å². The molecule has 2 rings (SSSR count). The van der Waals surface area contributed by atoms with Gasteiger partial charge in [0, 0.05) is 12.4 Å². The van der Waals surface area contributed by atoms with Gasteiger partial charge in [0.15, 0.2) is 0 Å². The van der Waals surface area contributed by atoms with Gasteiger partial charge in [0.25, 0.3) is 0 Å². The average Bonchev–Trinajstić information content (AvgIpc) is 2.82. The van der Waals surface area contributed by atoms with Crippen LogP contribution in [0.15, 0.2) is 24.5 Å². The third kappa shape index (κ3) is 2.36. The summed E-state index contributed by atoms with van der Waals surface area (Å²) in [6.07, 6.45) is 4.50. The largest absolute Gasteiger partial charge is 0.359 e. The van der Waals surface area contributed by atoms with Crippen molar-refractivity contribution in [2.75, 3.05) is 5.32 Å². The van der Waals surface area contributed by atoms with Gasteiger partial charge in [0.05, 0.1) is 11.7 Å². The van der Waals surface area contributed by atoms with Gasteiger partial charge in [0.2, 0.25) is 0 Å². The smallest absolute Gasteiger partial charge is 0.149 e. The summed E-state index contributed by atoms with van der Waals surface area (Å²) in [6.45, 7) is 4.02. The van der Waals surface area contributed by atoms with Gasteiger partial charge in [-0.2, -0.15) is 5.10 Å². The predicted octanol–water partition coefficient (Wildman–Crippen LogP) is 2.07. The SMILES string of the molecule is CCC(Nc1ccc(C)nn1)c1ncc[nH]1. The fourth-order valence-corrected chi connectivity index (χ4v) is 1.49. The lowest BCUT2D eigenvalue weighted by Crippen LogP contribution is -2.12. The topological polar surface area (TPSA) is 66.5 Å². The molecule has 2 aromatic heterocycles. The first-order valence-corrected chi connectivity index (χ1v) is 5.35. The van der Waals surface area contributed by atoms with Crippen LogP contribution in [-0.2, 0) is 0 Å². The second-order valence-corrected chi connectivity index (χ2v) is 3.64. The molecular formula is C11H15N5. The molecule has 0 aromatic carbocycles. The number of nitrogens with zero attached hydrogens (tertiary/aromatic N) is 3. The normalized spacial score (nSPS) is 12.4. The lowest BCUT2D eigenvalue weighted by atomic mass is 10.2. The number of aryl methyl sites for hydroxylation is 1. The molecule has 0 amide bonds. The average molecular weight is 217 g/mol. The Morgan fingerprint density at radius 3 is 2.81 bits per heavy atom. The third-order valence-electron chi connectivity index (χ3n) is 2.38. The van der Waals surface area contributed by atoms with Crippen LogP contribution in [0.4, 0.5) is 5.82 Å². The van der Waals surface area contributed by atoms with Gasteiger partial charge in [-0.15, -0.1) is 5.10 Å². The molecule has 5 heteroatoms. The van der Waals surface area contributed by atoms with Crippen molar-refractivity contribution >= 4 is 5.82 Å². The van der Waals surface area contributed by atoms with Gasteiger partial charge in [-0.25, -0.2) is 4.98 Å². The van der Waals surface area contributed by atoms with Crippen molar-refractivity contribution in [1.29, 1.82) is 0 Å². The molecule has 2 heterocycles. The maximum Gasteiger partial charge on any atom is 0.149 e.